The molecule has 0 spiro atoms. The summed E-state index contributed by atoms with van der Waals surface area (Å²) in [6.07, 6.45) is 12.0. The first-order valence-corrected chi connectivity index (χ1v) is 7.62. The molecule has 1 N–H and O–H groups in total. The number of nitrogens with one attached hydrogen (secondary N) is 1. The van der Waals surface area contributed by atoms with Gasteiger partial charge in [-0.05, 0) is 19.3 Å². The van der Waals surface area contributed by atoms with Crippen LogP contribution in [0.25, 0.3) is 0 Å². The summed E-state index contributed by atoms with van der Waals surface area (Å²) in [5, 5.41) is 2.64. The third kappa shape index (κ3) is 7.64. The Morgan fingerprint density at radius 2 is 1.76 bits per heavy atom. The number of hydrogen-bond acceptors (Lipinski definition) is 1. The molecule has 1 amide bonds. The second kappa shape index (κ2) is 8.79. The van der Waals surface area contributed by atoms with Gasteiger partial charge in [0, 0.05) is 6.04 Å². The number of halogens is 1. The van der Waals surface area contributed by atoms with E-state index < -0.39 is 0 Å². The fourth-order valence-electron chi connectivity index (χ4n) is 1.93. The first kappa shape index (κ1) is 14.8. The lowest BCUT2D eigenvalue weighted by Crippen LogP contribution is -2.32. The minimum absolute atomic E-state index is 0.0418. The molecule has 1 saturated carbocycles. The maximum atomic E-state index is 11.6. The molecular formula is C14H26ClNO. The largest absolute Gasteiger partial charge is 0.352 e. The van der Waals surface area contributed by atoms with Crippen molar-refractivity contribution in [3.63, 3.8) is 0 Å². The van der Waals surface area contributed by atoms with Crippen molar-refractivity contribution in [3.05, 3.63) is 0 Å². The summed E-state index contributed by atoms with van der Waals surface area (Å²) in [6.45, 7) is 2.23. The van der Waals surface area contributed by atoms with Crippen molar-refractivity contribution in [3.8, 4) is 0 Å². The highest BCUT2D eigenvalue weighted by Gasteiger charge is 2.26. The third-order valence-electron chi connectivity index (χ3n) is 3.27. The van der Waals surface area contributed by atoms with Crippen LogP contribution in [0.4, 0.5) is 0 Å². The molecule has 3 heteroatoms. The van der Waals surface area contributed by atoms with Gasteiger partial charge in [-0.25, -0.2) is 0 Å². The first-order valence-electron chi connectivity index (χ1n) is 7.18. The van der Waals surface area contributed by atoms with E-state index in [0.29, 0.717) is 6.04 Å². The molecule has 0 radical (unpaired) electrons. The fraction of sp³-hybridized carbons (Fsp3) is 0.929. The Bertz CT molecular complexity index is 216. The Hall–Kier alpha value is -0.240. The molecule has 1 fully saturated rings. The molecule has 2 nitrogen and oxygen atoms in total. The number of unbranched alkanes of at least 4 members (excludes halogenated alkanes) is 6. The SMILES string of the molecule is CCCCCCCCCC(Cl)C(=O)NC1CC1. The molecular weight excluding hydrogens is 234 g/mol. The molecule has 1 atom stereocenters. The van der Waals surface area contributed by atoms with Gasteiger partial charge in [0.25, 0.3) is 0 Å². The highest BCUT2D eigenvalue weighted by Crippen LogP contribution is 2.20. The van der Waals surface area contributed by atoms with Crippen LogP contribution in [-0.2, 0) is 4.79 Å². The molecule has 1 aliphatic rings. The molecule has 1 rings (SSSR count). The molecule has 0 saturated heterocycles. The number of amides is 1. The maximum absolute atomic E-state index is 11.6. The predicted octanol–water partition coefficient (Wildman–Crippen LogP) is 4.01. The highest BCUT2D eigenvalue weighted by molar-refractivity contribution is 6.30. The zero-order valence-electron chi connectivity index (χ0n) is 11.0. The van der Waals surface area contributed by atoms with Crippen LogP contribution < -0.4 is 5.32 Å². The molecule has 0 aliphatic heterocycles. The predicted molar refractivity (Wildman–Crippen MR) is 73.4 cm³/mol. The maximum Gasteiger partial charge on any atom is 0.238 e. The van der Waals surface area contributed by atoms with E-state index in [1.54, 1.807) is 0 Å². The van der Waals surface area contributed by atoms with Crippen molar-refractivity contribution < 1.29 is 4.79 Å². The zero-order valence-corrected chi connectivity index (χ0v) is 11.8. The lowest BCUT2D eigenvalue weighted by Gasteiger charge is -2.09. The van der Waals surface area contributed by atoms with E-state index in [9.17, 15) is 4.79 Å². The highest BCUT2D eigenvalue weighted by atomic mass is 35.5. The van der Waals surface area contributed by atoms with Gasteiger partial charge in [-0.15, -0.1) is 11.6 Å². The first-order chi connectivity index (χ1) is 8.24. The van der Waals surface area contributed by atoms with Crippen molar-refractivity contribution in [1.82, 2.24) is 5.32 Å². The van der Waals surface area contributed by atoms with Crippen LogP contribution in [-0.4, -0.2) is 17.3 Å². The molecule has 1 aliphatic carbocycles. The van der Waals surface area contributed by atoms with E-state index >= 15 is 0 Å². The van der Waals surface area contributed by atoms with Crippen molar-refractivity contribution in [2.45, 2.75) is 82.6 Å². The van der Waals surface area contributed by atoms with Crippen molar-refractivity contribution in [2.75, 3.05) is 0 Å². The summed E-state index contributed by atoms with van der Waals surface area (Å²) in [6, 6.07) is 0.429. The van der Waals surface area contributed by atoms with Gasteiger partial charge < -0.3 is 5.32 Å². The van der Waals surface area contributed by atoms with Crippen molar-refractivity contribution in [1.29, 1.82) is 0 Å². The van der Waals surface area contributed by atoms with Gasteiger partial charge in [0.1, 0.15) is 5.38 Å². The Morgan fingerprint density at radius 1 is 1.18 bits per heavy atom. The zero-order chi connectivity index (χ0) is 12.5. The Balaban J connectivity index is 1.88. The topological polar surface area (TPSA) is 29.1 Å². The summed E-state index contributed by atoms with van der Waals surface area (Å²) < 4.78 is 0. The van der Waals surface area contributed by atoms with Crippen LogP contribution in [0.1, 0.15) is 71.1 Å². The van der Waals surface area contributed by atoms with Crippen LogP contribution in [0.5, 0.6) is 0 Å². The second-order valence-corrected chi connectivity index (χ2v) is 5.69. The Labute approximate surface area is 110 Å². The van der Waals surface area contributed by atoms with Crippen LogP contribution in [0.15, 0.2) is 0 Å². The van der Waals surface area contributed by atoms with E-state index in [1.165, 1.54) is 38.5 Å². The van der Waals surface area contributed by atoms with E-state index in [-0.39, 0.29) is 11.3 Å². The molecule has 17 heavy (non-hydrogen) atoms. The summed E-state index contributed by atoms with van der Waals surface area (Å²) in [5.74, 6) is 0.0418. The van der Waals surface area contributed by atoms with Gasteiger partial charge in [0.05, 0.1) is 0 Å². The number of carbonyl (C=O) groups is 1. The van der Waals surface area contributed by atoms with E-state index in [2.05, 4.69) is 12.2 Å². The molecule has 0 aromatic carbocycles. The van der Waals surface area contributed by atoms with Gasteiger partial charge >= 0.3 is 0 Å². The van der Waals surface area contributed by atoms with Crippen LogP contribution >= 0.6 is 11.6 Å². The molecule has 1 unspecified atom stereocenters. The molecule has 100 valence electrons. The van der Waals surface area contributed by atoms with E-state index in [1.807, 2.05) is 0 Å². The van der Waals surface area contributed by atoms with Gasteiger partial charge in [-0.1, -0.05) is 51.9 Å². The molecule has 0 aromatic heterocycles. The smallest absolute Gasteiger partial charge is 0.238 e. The summed E-state index contributed by atoms with van der Waals surface area (Å²) >= 11 is 6.05. The average molecular weight is 260 g/mol. The minimum Gasteiger partial charge on any atom is -0.352 e. The standard InChI is InChI=1S/C14H26ClNO/c1-2-3-4-5-6-7-8-9-13(15)14(17)16-12-10-11-12/h12-13H,2-11H2,1H3,(H,16,17). The van der Waals surface area contributed by atoms with Crippen LogP contribution in [0, 0.1) is 0 Å². The summed E-state index contributed by atoms with van der Waals surface area (Å²) in [4.78, 5) is 11.6. The lowest BCUT2D eigenvalue weighted by atomic mass is 10.1. The van der Waals surface area contributed by atoms with Crippen molar-refractivity contribution >= 4 is 17.5 Å². The molecule has 0 aromatic rings. The van der Waals surface area contributed by atoms with Crippen LogP contribution in [0.2, 0.25) is 0 Å². The summed E-state index contributed by atoms with van der Waals surface area (Å²) in [7, 11) is 0. The average Bonchev–Trinajstić information content (AvgIpc) is 3.11. The van der Waals surface area contributed by atoms with Gasteiger partial charge in [0.2, 0.25) is 5.91 Å². The monoisotopic (exact) mass is 259 g/mol. The third-order valence-corrected chi connectivity index (χ3v) is 3.69. The van der Waals surface area contributed by atoms with Crippen molar-refractivity contribution in [2.24, 2.45) is 0 Å². The van der Waals surface area contributed by atoms with Crippen LogP contribution in [0.3, 0.4) is 0 Å². The Kier molecular flexibility index (Phi) is 7.67. The Morgan fingerprint density at radius 3 is 2.35 bits per heavy atom. The second-order valence-electron chi connectivity index (χ2n) is 5.16. The fourth-order valence-corrected chi connectivity index (χ4v) is 2.15. The van der Waals surface area contributed by atoms with Gasteiger partial charge in [-0.3, -0.25) is 4.79 Å². The quantitative estimate of drug-likeness (QED) is 0.466. The number of rotatable bonds is 10. The van der Waals surface area contributed by atoms with Gasteiger partial charge in [-0.2, -0.15) is 0 Å². The lowest BCUT2D eigenvalue weighted by molar-refractivity contribution is -0.121. The number of alkyl halides is 1. The summed E-state index contributed by atoms with van der Waals surface area (Å²) in [5.41, 5.74) is 0. The number of hydrogen-bond donors (Lipinski definition) is 1. The van der Waals surface area contributed by atoms with E-state index in [4.69, 9.17) is 11.6 Å². The van der Waals surface area contributed by atoms with Gasteiger partial charge in [0.15, 0.2) is 0 Å². The normalized spacial score (nSPS) is 16.8. The molecule has 0 bridgehead atoms. The number of carbonyl (C=O) groups excluding carboxylic acids is 1. The minimum atomic E-state index is -0.314. The molecule has 0 heterocycles. The van der Waals surface area contributed by atoms with E-state index in [0.717, 1.165) is 25.7 Å².